The molecule has 26 heavy (non-hydrogen) atoms. The first-order valence-electron chi connectivity index (χ1n) is 8.43. The average molecular weight is 375 g/mol. The van der Waals surface area contributed by atoms with E-state index < -0.39 is 27.6 Å². The molecule has 0 aliphatic carbocycles. The van der Waals surface area contributed by atoms with Crippen molar-refractivity contribution >= 4 is 16.0 Å². The Hall–Kier alpha value is -2.18. The Morgan fingerprint density at radius 1 is 1.04 bits per heavy atom. The van der Waals surface area contributed by atoms with E-state index in [2.05, 4.69) is 4.72 Å². The van der Waals surface area contributed by atoms with E-state index in [9.17, 15) is 13.2 Å². The third-order valence-corrected chi connectivity index (χ3v) is 5.09. The van der Waals surface area contributed by atoms with Crippen LogP contribution in [0.1, 0.15) is 31.9 Å². The molecule has 1 N–H and O–H groups in total. The maximum atomic E-state index is 12.7. The van der Waals surface area contributed by atoms with Crippen molar-refractivity contribution in [3.63, 3.8) is 0 Å². The van der Waals surface area contributed by atoms with Gasteiger partial charge in [-0.25, -0.2) is 8.42 Å². The molecule has 0 radical (unpaired) electrons. The first kappa shape index (κ1) is 20.1. The first-order valence-corrected chi connectivity index (χ1v) is 9.91. The van der Waals surface area contributed by atoms with Crippen molar-refractivity contribution in [1.82, 2.24) is 4.72 Å². The van der Waals surface area contributed by atoms with Crippen molar-refractivity contribution in [2.24, 2.45) is 0 Å². The maximum Gasteiger partial charge on any atom is 0.325 e. The second-order valence-electron chi connectivity index (χ2n) is 7.21. The van der Waals surface area contributed by atoms with Crippen LogP contribution in [-0.2, 0) is 26.0 Å². The lowest BCUT2D eigenvalue weighted by molar-refractivity contribution is -0.156. The molecule has 2 aromatic carbocycles. The number of nitrogens with one attached hydrogen (secondary N) is 1. The zero-order valence-electron chi connectivity index (χ0n) is 15.5. The molecule has 0 aliphatic heterocycles. The van der Waals surface area contributed by atoms with Crippen LogP contribution in [0.3, 0.4) is 0 Å². The predicted octanol–water partition coefficient (Wildman–Crippen LogP) is 3.23. The Morgan fingerprint density at radius 2 is 1.62 bits per heavy atom. The summed E-state index contributed by atoms with van der Waals surface area (Å²) in [6, 6.07) is 14.7. The molecule has 0 saturated carbocycles. The van der Waals surface area contributed by atoms with Crippen molar-refractivity contribution in [1.29, 1.82) is 0 Å². The van der Waals surface area contributed by atoms with Gasteiger partial charge in [0.05, 0.1) is 4.90 Å². The number of rotatable bonds is 6. The molecule has 2 rings (SSSR count). The van der Waals surface area contributed by atoms with E-state index in [4.69, 9.17) is 4.74 Å². The van der Waals surface area contributed by atoms with Gasteiger partial charge in [0.15, 0.2) is 0 Å². The quantitative estimate of drug-likeness (QED) is 0.787. The third kappa shape index (κ3) is 5.97. The molecule has 6 heteroatoms. The molecule has 0 saturated heterocycles. The molecular formula is C20H25NO4S. The van der Waals surface area contributed by atoms with Crippen LogP contribution in [0.2, 0.25) is 0 Å². The monoisotopic (exact) mass is 375 g/mol. The van der Waals surface area contributed by atoms with Gasteiger partial charge in [-0.1, -0.05) is 48.0 Å². The molecule has 2 aromatic rings. The summed E-state index contributed by atoms with van der Waals surface area (Å²) in [5.74, 6) is -0.600. The lowest BCUT2D eigenvalue weighted by atomic mass is 10.1. The topological polar surface area (TPSA) is 72.5 Å². The zero-order valence-corrected chi connectivity index (χ0v) is 16.3. The van der Waals surface area contributed by atoms with Crippen LogP contribution >= 0.6 is 0 Å². The number of hydrogen-bond donors (Lipinski definition) is 1. The molecule has 0 bridgehead atoms. The molecule has 0 aromatic heterocycles. The summed E-state index contributed by atoms with van der Waals surface area (Å²) in [4.78, 5) is 12.7. The molecule has 0 amide bonds. The number of ether oxygens (including phenoxy) is 1. The average Bonchev–Trinajstić information content (AvgIpc) is 2.54. The lowest BCUT2D eigenvalue weighted by Crippen LogP contribution is -2.45. The molecule has 1 atom stereocenters. The summed E-state index contributed by atoms with van der Waals surface area (Å²) < 4.78 is 33.3. The lowest BCUT2D eigenvalue weighted by Gasteiger charge is -2.24. The van der Waals surface area contributed by atoms with Crippen molar-refractivity contribution < 1.29 is 17.9 Å². The van der Waals surface area contributed by atoms with Crippen molar-refractivity contribution in [2.45, 2.75) is 50.7 Å². The summed E-state index contributed by atoms with van der Waals surface area (Å²) in [6.45, 7) is 7.12. The Morgan fingerprint density at radius 3 is 2.15 bits per heavy atom. The van der Waals surface area contributed by atoms with Gasteiger partial charge in [0, 0.05) is 0 Å². The molecule has 0 spiro atoms. The van der Waals surface area contributed by atoms with E-state index in [-0.39, 0.29) is 11.3 Å². The van der Waals surface area contributed by atoms with Crippen molar-refractivity contribution in [2.75, 3.05) is 0 Å². The number of carbonyl (C=O) groups is 1. The molecule has 140 valence electrons. The number of carbonyl (C=O) groups excluding carboxylic acids is 1. The third-order valence-electron chi connectivity index (χ3n) is 3.60. The Bertz CT molecular complexity index is 838. The minimum atomic E-state index is -3.85. The minimum Gasteiger partial charge on any atom is -0.459 e. The van der Waals surface area contributed by atoms with Gasteiger partial charge in [-0.05, 0) is 51.8 Å². The van der Waals surface area contributed by atoms with Crippen LogP contribution in [0.25, 0.3) is 0 Å². The van der Waals surface area contributed by atoms with Crippen LogP contribution < -0.4 is 4.72 Å². The van der Waals surface area contributed by atoms with E-state index in [1.165, 1.54) is 12.1 Å². The minimum absolute atomic E-state index is 0.115. The Balaban J connectivity index is 2.27. The van der Waals surface area contributed by atoms with Crippen LogP contribution in [0.15, 0.2) is 59.5 Å². The molecule has 5 nitrogen and oxygen atoms in total. The number of esters is 1. The largest absolute Gasteiger partial charge is 0.459 e. The molecule has 0 unspecified atom stereocenters. The highest BCUT2D eigenvalue weighted by molar-refractivity contribution is 7.89. The van der Waals surface area contributed by atoms with Gasteiger partial charge < -0.3 is 4.74 Å². The van der Waals surface area contributed by atoms with E-state index in [0.717, 1.165) is 11.1 Å². The van der Waals surface area contributed by atoms with Crippen LogP contribution in [0.5, 0.6) is 0 Å². The Labute approximate surface area is 155 Å². The number of sulfonamides is 1. The van der Waals surface area contributed by atoms with Crippen molar-refractivity contribution in [3.05, 3.63) is 65.7 Å². The fourth-order valence-corrected chi connectivity index (χ4v) is 3.55. The number of benzene rings is 2. The summed E-state index contributed by atoms with van der Waals surface area (Å²) in [5, 5.41) is 0. The highest BCUT2D eigenvalue weighted by Crippen LogP contribution is 2.15. The van der Waals surface area contributed by atoms with E-state index >= 15 is 0 Å². The zero-order chi connectivity index (χ0) is 19.4. The summed E-state index contributed by atoms with van der Waals surface area (Å²) in [6.07, 6.45) is 0.209. The van der Waals surface area contributed by atoms with Gasteiger partial charge in [-0.2, -0.15) is 4.72 Å². The first-order chi connectivity index (χ1) is 12.1. The number of aryl methyl sites for hydroxylation is 1. The fourth-order valence-electron chi connectivity index (χ4n) is 2.37. The molecule has 0 heterocycles. The predicted molar refractivity (Wildman–Crippen MR) is 101 cm³/mol. The van der Waals surface area contributed by atoms with Crippen LogP contribution in [0, 0.1) is 6.92 Å². The normalized spacial score (nSPS) is 13.2. The van der Waals surface area contributed by atoms with Gasteiger partial charge in [0.1, 0.15) is 11.6 Å². The van der Waals surface area contributed by atoms with Crippen molar-refractivity contribution in [3.8, 4) is 0 Å². The SMILES string of the molecule is Cc1ccc(S(=O)(=O)N[C@@H](Cc2ccccc2)C(=O)OC(C)(C)C)cc1. The van der Waals surface area contributed by atoms with Gasteiger partial charge in [-0.15, -0.1) is 0 Å². The standard InChI is InChI=1S/C20H25NO4S/c1-15-10-12-17(13-11-15)26(23,24)21-18(19(22)25-20(2,3)4)14-16-8-6-5-7-9-16/h5-13,18,21H,14H2,1-4H3/t18-/m0/s1. The van der Waals surface area contributed by atoms with Crippen LogP contribution in [-0.4, -0.2) is 26.0 Å². The highest BCUT2D eigenvalue weighted by Gasteiger charge is 2.30. The van der Waals surface area contributed by atoms with Gasteiger partial charge >= 0.3 is 5.97 Å². The van der Waals surface area contributed by atoms with Gasteiger partial charge in [0.2, 0.25) is 10.0 Å². The van der Waals surface area contributed by atoms with E-state index in [0.29, 0.717) is 0 Å². The fraction of sp³-hybridized carbons (Fsp3) is 0.350. The molecular weight excluding hydrogens is 350 g/mol. The summed E-state index contributed by atoms with van der Waals surface area (Å²) >= 11 is 0. The molecule has 0 fully saturated rings. The van der Waals surface area contributed by atoms with Gasteiger partial charge in [-0.3, -0.25) is 4.79 Å². The van der Waals surface area contributed by atoms with Gasteiger partial charge in [0.25, 0.3) is 0 Å². The highest BCUT2D eigenvalue weighted by atomic mass is 32.2. The van der Waals surface area contributed by atoms with Crippen LogP contribution in [0.4, 0.5) is 0 Å². The second kappa shape index (κ2) is 8.01. The molecule has 0 aliphatic rings. The maximum absolute atomic E-state index is 12.7. The smallest absolute Gasteiger partial charge is 0.325 e. The van der Waals surface area contributed by atoms with E-state index in [1.54, 1.807) is 32.9 Å². The number of hydrogen-bond acceptors (Lipinski definition) is 4. The Kier molecular flexibility index (Phi) is 6.21. The van der Waals surface area contributed by atoms with E-state index in [1.807, 2.05) is 37.3 Å². The summed E-state index contributed by atoms with van der Waals surface area (Å²) in [5.41, 5.74) is 1.09. The second-order valence-corrected chi connectivity index (χ2v) is 8.92. The summed E-state index contributed by atoms with van der Waals surface area (Å²) in [7, 11) is -3.85.